The SMILES string of the molecule is CCOc1cc(/C=N\n2c(-c3ccccc3)n[nH]c2=S)cc(I)c1OCc1ccccc1C#N. The van der Waals surface area contributed by atoms with Gasteiger partial charge in [0.2, 0.25) is 4.77 Å². The van der Waals surface area contributed by atoms with Crippen LogP contribution in [-0.2, 0) is 6.61 Å². The quantitative estimate of drug-likeness (QED) is 0.158. The number of benzene rings is 3. The molecule has 0 spiro atoms. The lowest BCUT2D eigenvalue weighted by Gasteiger charge is -2.15. The van der Waals surface area contributed by atoms with E-state index in [1.807, 2.05) is 67.6 Å². The molecule has 1 heterocycles. The third-order valence-corrected chi connectivity index (χ3v) is 5.91. The van der Waals surface area contributed by atoms with Gasteiger partial charge in [0.05, 0.1) is 28.0 Å². The van der Waals surface area contributed by atoms with Gasteiger partial charge in [-0.1, -0.05) is 48.5 Å². The number of hydrogen-bond acceptors (Lipinski definition) is 6. The number of aromatic nitrogens is 3. The van der Waals surface area contributed by atoms with E-state index >= 15 is 0 Å². The summed E-state index contributed by atoms with van der Waals surface area (Å²) in [4.78, 5) is 0. The second kappa shape index (κ2) is 11.1. The lowest BCUT2D eigenvalue weighted by atomic mass is 10.1. The molecule has 0 atom stereocenters. The number of H-pyrrole nitrogens is 1. The van der Waals surface area contributed by atoms with E-state index in [-0.39, 0.29) is 6.61 Å². The fourth-order valence-corrected chi connectivity index (χ4v) is 4.23. The molecule has 0 fully saturated rings. The molecule has 170 valence electrons. The zero-order chi connectivity index (χ0) is 23.9. The maximum absolute atomic E-state index is 9.33. The molecule has 7 nitrogen and oxygen atoms in total. The third-order valence-electron chi connectivity index (χ3n) is 4.85. The summed E-state index contributed by atoms with van der Waals surface area (Å²) in [5, 5.41) is 21.0. The van der Waals surface area contributed by atoms with Crippen molar-refractivity contribution in [3.05, 3.63) is 91.8 Å². The molecule has 1 N–H and O–H groups in total. The van der Waals surface area contributed by atoms with Crippen molar-refractivity contribution in [2.24, 2.45) is 5.10 Å². The van der Waals surface area contributed by atoms with Crippen LogP contribution in [0.25, 0.3) is 11.4 Å². The molecule has 0 aliphatic rings. The monoisotopic (exact) mass is 581 g/mol. The highest BCUT2D eigenvalue weighted by Gasteiger charge is 2.14. The summed E-state index contributed by atoms with van der Waals surface area (Å²) in [6.07, 6.45) is 1.71. The predicted molar refractivity (Wildman–Crippen MR) is 142 cm³/mol. The predicted octanol–water partition coefficient (Wildman–Crippen LogP) is 5.94. The maximum atomic E-state index is 9.33. The van der Waals surface area contributed by atoms with Gasteiger partial charge in [0, 0.05) is 11.1 Å². The lowest BCUT2D eigenvalue weighted by molar-refractivity contribution is 0.267. The molecule has 0 bridgehead atoms. The smallest absolute Gasteiger partial charge is 0.216 e. The third kappa shape index (κ3) is 5.35. The lowest BCUT2D eigenvalue weighted by Crippen LogP contribution is -2.04. The van der Waals surface area contributed by atoms with Crippen LogP contribution >= 0.6 is 34.8 Å². The summed E-state index contributed by atoms with van der Waals surface area (Å²) in [6.45, 7) is 2.66. The fourth-order valence-electron chi connectivity index (χ4n) is 3.27. The van der Waals surface area contributed by atoms with Crippen molar-refractivity contribution >= 4 is 41.0 Å². The standard InChI is InChI=1S/C25H20IN5O2S/c1-2-32-22-13-17(12-21(26)23(22)33-16-20-11-7-6-10-19(20)14-27)15-28-31-24(29-30-25(31)34)18-8-4-3-5-9-18/h3-13,15H,2,16H2,1H3,(H,30,34)/b28-15-. The van der Waals surface area contributed by atoms with Crippen molar-refractivity contribution in [2.45, 2.75) is 13.5 Å². The van der Waals surface area contributed by atoms with Crippen molar-refractivity contribution in [2.75, 3.05) is 6.61 Å². The highest BCUT2D eigenvalue weighted by molar-refractivity contribution is 14.1. The second-order valence-corrected chi connectivity index (χ2v) is 8.64. The van der Waals surface area contributed by atoms with Crippen molar-refractivity contribution in [3.63, 3.8) is 0 Å². The number of hydrogen-bond donors (Lipinski definition) is 1. The van der Waals surface area contributed by atoms with Gasteiger partial charge in [-0.15, -0.1) is 0 Å². The van der Waals surface area contributed by atoms with E-state index in [1.54, 1.807) is 17.0 Å². The van der Waals surface area contributed by atoms with Gasteiger partial charge in [0.25, 0.3) is 0 Å². The maximum Gasteiger partial charge on any atom is 0.216 e. The Kier molecular flexibility index (Phi) is 7.72. The van der Waals surface area contributed by atoms with E-state index in [4.69, 9.17) is 21.7 Å². The van der Waals surface area contributed by atoms with E-state index in [1.165, 1.54) is 0 Å². The topological polar surface area (TPSA) is 88.2 Å². The van der Waals surface area contributed by atoms with Crippen LogP contribution in [0.5, 0.6) is 11.5 Å². The molecule has 3 aromatic carbocycles. The van der Waals surface area contributed by atoms with Gasteiger partial charge in [-0.3, -0.25) is 0 Å². The highest BCUT2D eigenvalue weighted by Crippen LogP contribution is 2.34. The van der Waals surface area contributed by atoms with Crippen molar-refractivity contribution in [1.82, 2.24) is 14.9 Å². The molecule has 0 aliphatic carbocycles. The first-order valence-electron chi connectivity index (χ1n) is 10.4. The van der Waals surface area contributed by atoms with Crippen LogP contribution in [0.1, 0.15) is 23.6 Å². The van der Waals surface area contributed by atoms with E-state index in [0.29, 0.717) is 34.3 Å². The largest absolute Gasteiger partial charge is 0.490 e. The zero-order valence-electron chi connectivity index (χ0n) is 18.2. The van der Waals surface area contributed by atoms with E-state index in [0.717, 1.165) is 20.3 Å². The summed E-state index contributed by atoms with van der Waals surface area (Å²) in [7, 11) is 0. The number of rotatable bonds is 8. The number of nitriles is 1. The Morgan fingerprint density at radius 2 is 1.91 bits per heavy atom. The minimum atomic E-state index is 0.262. The highest BCUT2D eigenvalue weighted by atomic mass is 127. The Hall–Kier alpha value is -3.49. The van der Waals surface area contributed by atoms with Gasteiger partial charge in [-0.25, -0.2) is 5.10 Å². The Balaban J connectivity index is 1.63. The molecular formula is C25H20IN5O2S. The number of aromatic amines is 1. The molecule has 4 rings (SSSR count). The average molecular weight is 581 g/mol. The minimum Gasteiger partial charge on any atom is -0.490 e. The Morgan fingerprint density at radius 3 is 2.68 bits per heavy atom. The first-order chi connectivity index (χ1) is 16.6. The molecule has 0 unspecified atom stereocenters. The fraction of sp³-hybridized carbons (Fsp3) is 0.120. The van der Waals surface area contributed by atoms with Crippen LogP contribution in [-0.4, -0.2) is 27.7 Å². The molecule has 0 aliphatic heterocycles. The molecular weight excluding hydrogens is 561 g/mol. The molecule has 0 saturated carbocycles. The van der Waals surface area contributed by atoms with Crippen LogP contribution in [0.3, 0.4) is 0 Å². The molecule has 0 saturated heterocycles. The van der Waals surface area contributed by atoms with E-state index in [9.17, 15) is 5.26 Å². The molecule has 0 amide bonds. The second-order valence-electron chi connectivity index (χ2n) is 7.10. The van der Waals surface area contributed by atoms with Crippen LogP contribution in [0.2, 0.25) is 0 Å². The number of halogens is 1. The Morgan fingerprint density at radius 1 is 1.15 bits per heavy atom. The molecule has 1 aromatic heterocycles. The van der Waals surface area contributed by atoms with Gasteiger partial charge in [-0.2, -0.15) is 20.1 Å². The van der Waals surface area contributed by atoms with E-state index < -0.39 is 0 Å². The Labute approximate surface area is 215 Å². The van der Waals surface area contributed by atoms with Crippen molar-refractivity contribution in [3.8, 4) is 29.0 Å². The molecule has 0 radical (unpaired) electrons. The first-order valence-corrected chi connectivity index (χ1v) is 11.9. The first kappa shape index (κ1) is 23.7. The number of ether oxygens (including phenoxy) is 2. The average Bonchev–Trinajstić information content (AvgIpc) is 3.23. The van der Waals surface area contributed by atoms with Crippen LogP contribution in [0.4, 0.5) is 0 Å². The van der Waals surface area contributed by atoms with Crippen molar-refractivity contribution < 1.29 is 9.47 Å². The summed E-state index contributed by atoms with van der Waals surface area (Å²) >= 11 is 7.58. The van der Waals surface area contributed by atoms with Crippen LogP contribution in [0, 0.1) is 19.7 Å². The van der Waals surface area contributed by atoms with Gasteiger partial charge < -0.3 is 9.47 Å². The van der Waals surface area contributed by atoms with Crippen LogP contribution in [0.15, 0.2) is 71.8 Å². The molecule has 34 heavy (non-hydrogen) atoms. The molecule has 9 heteroatoms. The van der Waals surface area contributed by atoms with Crippen LogP contribution < -0.4 is 9.47 Å². The summed E-state index contributed by atoms with van der Waals surface area (Å²) in [5.41, 5.74) is 3.12. The number of nitrogens with one attached hydrogen (secondary N) is 1. The Bertz CT molecular complexity index is 1420. The van der Waals surface area contributed by atoms with Gasteiger partial charge in [-0.05, 0) is 65.5 Å². The zero-order valence-corrected chi connectivity index (χ0v) is 21.2. The van der Waals surface area contributed by atoms with Gasteiger partial charge in [0.15, 0.2) is 17.3 Å². The van der Waals surface area contributed by atoms with Crippen molar-refractivity contribution in [1.29, 1.82) is 5.26 Å². The summed E-state index contributed by atoms with van der Waals surface area (Å²) in [6, 6.07) is 23.1. The summed E-state index contributed by atoms with van der Waals surface area (Å²) < 4.78 is 14.8. The van der Waals surface area contributed by atoms with E-state index in [2.05, 4.69) is 44.0 Å². The normalized spacial score (nSPS) is 10.9. The number of nitrogens with zero attached hydrogens (tertiary/aromatic N) is 4. The minimum absolute atomic E-state index is 0.262. The summed E-state index contributed by atoms with van der Waals surface area (Å²) in [5.74, 6) is 1.85. The van der Waals surface area contributed by atoms with Gasteiger partial charge in [0.1, 0.15) is 6.61 Å². The molecule has 4 aromatic rings. The van der Waals surface area contributed by atoms with Gasteiger partial charge >= 0.3 is 0 Å².